The highest BCUT2D eigenvalue weighted by Gasteiger charge is 2.07. The number of hydrogen-bond acceptors (Lipinski definition) is 3. The fourth-order valence-corrected chi connectivity index (χ4v) is 3.39. The zero-order valence-corrected chi connectivity index (χ0v) is 14.1. The molecule has 1 heterocycles. The molecule has 0 saturated carbocycles. The van der Waals surface area contributed by atoms with Crippen molar-refractivity contribution in [3.8, 4) is 0 Å². The zero-order valence-electron chi connectivity index (χ0n) is 10.1. The molecule has 0 aliphatic carbocycles. The Labute approximate surface area is 132 Å². The van der Waals surface area contributed by atoms with Crippen molar-refractivity contribution >= 4 is 64.2 Å². The third-order valence-corrected chi connectivity index (χ3v) is 5.16. The van der Waals surface area contributed by atoms with E-state index in [0.717, 1.165) is 25.3 Å². The minimum atomic E-state index is 0.911. The molecule has 3 rings (SSSR count). The van der Waals surface area contributed by atoms with E-state index in [1.165, 1.54) is 10.3 Å². The van der Waals surface area contributed by atoms with Gasteiger partial charge in [0.05, 0.1) is 10.2 Å². The molecule has 0 aliphatic heterocycles. The third kappa shape index (κ3) is 2.68. The number of anilines is 2. The van der Waals surface area contributed by atoms with Gasteiger partial charge < -0.3 is 5.32 Å². The van der Waals surface area contributed by atoms with Crippen LogP contribution < -0.4 is 5.32 Å². The molecule has 5 heteroatoms. The molecule has 0 atom stereocenters. The van der Waals surface area contributed by atoms with Crippen molar-refractivity contribution in [3.05, 3.63) is 50.9 Å². The zero-order chi connectivity index (χ0) is 13.4. The van der Waals surface area contributed by atoms with Gasteiger partial charge in [-0.05, 0) is 42.8 Å². The number of benzene rings is 2. The van der Waals surface area contributed by atoms with Crippen LogP contribution in [0.1, 0.15) is 5.56 Å². The number of thiazole rings is 1. The summed E-state index contributed by atoms with van der Waals surface area (Å²) in [6, 6.07) is 12.3. The second kappa shape index (κ2) is 5.23. The molecular weight excluding hydrogens is 388 g/mol. The van der Waals surface area contributed by atoms with Crippen molar-refractivity contribution in [1.29, 1.82) is 0 Å². The van der Waals surface area contributed by atoms with E-state index in [4.69, 9.17) is 0 Å². The van der Waals surface area contributed by atoms with E-state index in [9.17, 15) is 0 Å². The Kier molecular flexibility index (Phi) is 3.60. The van der Waals surface area contributed by atoms with Crippen LogP contribution in [0.4, 0.5) is 10.8 Å². The van der Waals surface area contributed by atoms with E-state index in [0.29, 0.717) is 0 Å². The lowest BCUT2D eigenvalue weighted by molar-refractivity contribution is 1.38. The normalized spacial score (nSPS) is 10.9. The first-order valence-corrected chi connectivity index (χ1v) is 8.12. The minimum absolute atomic E-state index is 0.911. The SMILES string of the molecule is Cc1c(Br)cccc1Nc1nc2cc(Br)ccc2s1. The van der Waals surface area contributed by atoms with Crippen molar-refractivity contribution in [3.63, 3.8) is 0 Å². The molecule has 0 fully saturated rings. The van der Waals surface area contributed by atoms with Gasteiger partial charge in [-0.25, -0.2) is 4.98 Å². The highest BCUT2D eigenvalue weighted by molar-refractivity contribution is 9.10. The Morgan fingerprint density at radius 2 is 2.00 bits per heavy atom. The number of aromatic nitrogens is 1. The average Bonchev–Trinajstić information content (AvgIpc) is 2.76. The Hall–Kier alpha value is -0.910. The van der Waals surface area contributed by atoms with Crippen LogP contribution >= 0.6 is 43.2 Å². The third-order valence-electron chi connectivity index (χ3n) is 2.86. The van der Waals surface area contributed by atoms with Crippen LogP contribution in [0.3, 0.4) is 0 Å². The molecule has 0 unspecified atom stereocenters. The quantitative estimate of drug-likeness (QED) is 0.584. The first-order valence-electron chi connectivity index (χ1n) is 5.72. The molecule has 0 radical (unpaired) electrons. The van der Waals surface area contributed by atoms with Crippen LogP contribution in [0, 0.1) is 6.92 Å². The first-order chi connectivity index (χ1) is 9.13. The van der Waals surface area contributed by atoms with Crippen molar-refractivity contribution in [2.45, 2.75) is 6.92 Å². The van der Waals surface area contributed by atoms with Crippen LogP contribution in [-0.4, -0.2) is 4.98 Å². The van der Waals surface area contributed by atoms with Gasteiger partial charge in [-0.2, -0.15) is 0 Å². The van der Waals surface area contributed by atoms with Crippen molar-refractivity contribution in [2.24, 2.45) is 0 Å². The lowest BCUT2D eigenvalue weighted by Gasteiger charge is -2.07. The van der Waals surface area contributed by atoms with E-state index in [1.54, 1.807) is 11.3 Å². The highest BCUT2D eigenvalue weighted by Crippen LogP contribution is 2.32. The molecule has 96 valence electrons. The van der Waals surface area contributed by atoms with E-state index >= 15 is 0 Å². The molecule has 0 spiro atoms. The summed E-state index contributed by atoms with van der Waals surface area (Å²) in [4.78, 5) is 4.60. The minimum Gasteiger partial charge on any atom is -0.331 e. The standard InChI is InChI=1S/C14H10Br2N2S/c1-8-10(16)3-2-4-11(8)17-14-18-12-7-9(15)5-6-13(12)19-14/h2-7H,1H3,(H,17,18). The van der Waals surface area contributed by atoms with Crippen molar-refractivity contribution in [2.75, 3.05) is 5.32 Å². The number of fused-ring (bicyclic) bond motifs is 1. The lowest BCUT2D eigenvalue weighted by atomic mass is 10.2. The van der Waals surface area contributed by atoms with Crippen molar-refractivity contribution in [1.82, 2.24) is 4.98 Å². The molecular formula is C14H10Br2N2S. The summed E-state index contributed by atoms with van der Waals surface area (Å²) >= 11 is 8.67. The van der Waals surface area contributed by atoms with Crippen LogP contribution in [0.2, 0.25) is 0 Å². The second-order valence-corrected chi connectivity index (χ2v) is 6.97. The summed E-state index contributed by atoms with van der Waals surface area (Å²) < 4.78 is 3.33. The van der Waals surface area contributed by atoms with Gasteiger partial charge in [-0.1, -0.05) is 49.3 Å². The van der Waals surface area contributed by atoms with Gasteiger partial charge in [0.2, 0.25) is 0 Å². The van der Waals surface area contributed by atoms with Gasteiger partial charge in [0, 0.05) is 14.6 Å². The number of nitrogens with zero attached hydrogens (tertiary/aromatic N) is 1. The smallest absolute Gasteiger partial charge is 0.188 e. The highest BCUT2D eigenvalue weighted by atomic mass is 79.9. The predicted molar refractivity (Wildman–Crippen MR) is 89.5 cm³/mol. The van der Waals surface area contributed by atoms with Crippen LogP contribution in [0.5, 0.6) is 0 Å². The van der Waals surface area contributed by atoms with Crippen LogP contribution in [0.25, 0.3) is 10.2 Å². The Balaban J connectivity index is 1.99. The molecule has 0 saturated heterocycles. The fourth-order valence-electron chi connectivity index (χ4n) is 1.81. The van der Waals surface area contributed by atoms with Gasteiger partial charge in [0.25, 0.3) is 0 Å². The Bertz CT molecular complexity index is 752. The van der Waals surface area contributed by atoms with Crippen LogP contribution in [0.15, 0.2) is 45.3 Å². The van der Waals surface area contributed by atoms with Gasteiger partial charge in [0.15, 0.2) is 5.13 Å². The van der Waals surface area contributed by atoms with E-state index in [-0.39, 0.29) is 0 Å². The number of halogens is 2. The monoisotopic (exact) mass is 396 g/mol. The van der Waals surface area contributed by atoms with Crippen molar-refractivity contribution < 1.29 is 0 Å². The van der Waals surface area contributed by atoms with E-state index < -0.39 is 0 Å². The summed E-state index contributed by atoms with van der Waals surface area (Å²) in [6.07, 6.45) is 0. The number of rotatable bonds is 2. The van der Waals surface area contributed by atoms with Gasteiger partial charge >= 0.3 is 0 Å². The van der Waals surface area contributed by atoms with Gasteiger partial charge in [0.1, 0.15) is 0 Å². The molecule has 0 aliphatic rings. The average molecular weight is 398 g/mol. The number of hydrogen-bond donors (Lipinski definition) is 1. The predicted octanol–water partition coefficient (Wildman–Crippen LogP) is 5.87. The van der Waals surface area contributed by atoms with E-state index in [1.807, 2.05) is 24.3 Å². The maximum absolute atomic E-state index is 4.60. The molecule has 1 N–H and O–H groups in total. The Morgan fingerprint density at radius 1 is 1.16 bits per heavy atom. The molecule has 2 aromatic carbocycles. The number of nitrogens with one attached hydrogen (secondary N) is 1. The Morgan fingerprint density at radius 3 is 2.84 bits per heavy atom. The molecule has 1 aromatic heterocycles. The second-order valence-electron chi connectivity index (χ2n) is 4.17. The topological polar surface area (TPSA) is 24.9 Å². The largest absolute Gasteiger partial charge is 0.331 e. The van der Waals surface area contributed by atoms with Gasteiger partial charge in [-0.15, -0.1) is 0 Å². The summed E-state index contributed by atoms with van der Waals surface area (Å²) in [5.74, 6) is 0. The molecule has 2 nitrogen and oxygen atoms in total. The van der Waals surface area contributed by atoms with Gasteiger partial charge in [-0.3, -0.25) is 0 Å². The molecule has 3 aromatic rings. The summed E-state index contributed by atoms with van der Waals surface area (Å²) in [5.41, 5.74) is 3.27. The maximum atomic E-state index is 4.60. The summed E-state index contributed by atoms with van der Waals surface area (Å²) in [5, 5.41) is 4.30. The first kappa shape index (κ1) is 13.1. The fraction of sp³-hybridized carbons (Fsp3) is 0.0714. The van der Waals surface area contributed by atoms with Crippen LogP contribution in [-0.2, 0) is 0 Å². The molecule has 19 heavy (non-hydrogen) atoms. The summed E-state index contributed by atoms with van der Waals surface area (Å²) in [6.45, 7) is 2.08. The summed E-state index contributed by atoms with van der Waals surface area (Å²) in [7, 11) is 0. The lowest BCUT2D eigenvalue weighted by Crippen LogP contribution is -1.92. The molecule has 0 amide bonds. The van der Waals surface area contributed by atoms with E-state index in [2.05, 4.69) is 61.2 Å². The maximum Gasteiger partial charge on any atom is 0.188 e. The molecule has 0 bridgehead atoms.